The molecule has 1 atom stereocenters. The van der Waals surface area contributed by atoms with Crippen LogP contribution in [-0.4, -0.2) is 42.2 Å². The summed E-state index contributed by atoms with van der Waals surface area (Å²) in [5.41, 5.74) is 1.20. The minimum Gasteiger partial charge on any atom is -0.337 e. The zero-order valence-corrected chi connectivity index (χ0v) is 12.6. The molecule has 1 saturated heterocycles. The molecule has 0 saturated carbocycles. The van der Waals surface area contributed by atoms with E-state index in [-0.39, 0.29) is 5.91 Å². The lowest BCUT2D eigenvalue weighted by molar-refractivity contribution is -0.131. The molecule has 0 radical (unpaired) electrons. The Morgan fingerprint density at radius 2 is 2.21 bits per heavy atom. The van der Waals surface area contributed by atoms with Crippen LogP contribution in [0, 0.1) is 0 Å². The number of carbonyl (C=O) groups excluding carboxylic acids is 1. The highest BCUT2D eigenvalue weighted by atomic mass is 35.5. The number of thioether (sulfide) groups is 1. The van der Waals surface area contributed by atoms with Gasteiger partial charge in [-0.1, -0.05) is 23.7 Å². The second-order valence-electron chi connectivity index (χ2n) is 4.76. The number of hydrogen-bond donors (Lipinski definition) is 1. The van der Waals surface area contributed by atoms with Crippen molar-refractivity contribution >= 4 is 29.3 Å². The molecule has 0 unspecified atom stereocenters. The number of nitrogens with zero attached hydrogens (tertiary/aromatic N) is 1. The highest BCUT2D eigenvalue weighted by Gasteiger charge is 2.22. The van der Waals surface area contributed by atoms with E-state index < -0.39 is 0 Å². The van der Waals surface area contributed by atoms with Gasteiger partial charge in [0, 0.05) is 36.5 Å². The van der Waals surface area contributed by atoms with Crippen LogP contribution in [0.1, 0.15) is 12.5 Å². The van der Waals surface area contributed by atoms with Crippen molar-refractivity contribution in [3.63, 3.8) is 0 Å². The van der Waals surface area contributed by atoms with Crippen LogP contribution in [0.25, 0.3) is 0 Å². The van der Waals surface area contributed by atoms with Crippen LogP contribution in [0.15, 0.2) is 24.3 Å². The molecule has 1 aromatic rings. The predicted molar refractivity (Wildman–Crippen MR) is 81.7 cm³/mol. The minimum absolute atomic E-state index is 0.243. The lowest BCUT2D eigenvalue weighted by Crippen LogP contribution is -2.52. The van der Waals surface area contributed by atoms with E-state index in [2.05, 4.69) is 12.2 Å². The molecule has 1 aromatic carbocycles. The minimum atomic E-state index is 0.243. The van der Waals surface area contributed by atoms with Gasteiger partial charge >= 0.3 is 0 Å². The van der Waals surface area contributed by atoms with Crippen molar-refractivity contribution in [2.45, 2.75) is 18.7 Å². The molecule has 0 aliphatic carbocycles. The SMILES string of the molecule is C[C@@H]1CNCCN1C(=O)CSCc1ccc(Cl)cc1. The molecule has 5 heteroatoms. The number of rotatable bonds is 4. The monoisotopic (exact) mass is 298 g/mol. The van der Waals surface area contributed by atoms with Gasteiger partial charge in [0.05, 0.1) is 5.75 Å². The summed E-state index contributed by atoms with van der Waals surface area (Å²) >= 11 is 7.50. The molecule has 104 valence electrons. The van der Waals surface area contributed by atoms with E-state index in [1.54, 1.807) is 11.8 Å². The van der Waals surface area contributed by atoms with Gasteiger partial charge in [-0.2, -0.15) is 0 Å². The summed E-state index contributed by atoms with van der Waals surface area (Å²) < 4.78 is 0. The molecule has 19 heavy (non-hydrogen) atoms. The summed E-state index contributed by atoms with van der Waals surface area (Å²) in [6, 6.07) is 8.09. The molecule has 1 amide bonds. The molecule has 1 heterocycles. The Morgan fingerprint density at radius 1 is 1.47 bits per heavy atom. The lowest BCUT2D eigenvalue weighted by atomic mass is 10.2. The number of carbonyl (C=O) groups is 1. The normalized spacial score (nSPS) is 19.5. The molecular weight excluding hydrogens is 280 g/mol. The van der Waals surface area contributed by atoms with Gasteiger partial charge in [0.25, 0.3) is 0 Å². The maximum absolute atomic E-state index is 12.1. The van der Waals surface area contributed by atoms with Gasteiger partial charge in [0.1, 0.15) is 0 Å². The first-order chi connectivity index (χ1) is 9.16. The van der Waals surface area contributed by atoms with Crippen LogP contribution in [0.4, 0.5) is 0 Å². The van der Waals surface area contributed by atoms with Gasteiger partial charge in [-0.3, -0.25) is 4.79 Å². The zero-order chi connectivity index (χ0) is 13.7. The first kappa shape index (κ1) is 14.7. The maximum Gasteiger partial charge on any atom is 0.232 e. The summed E-state index contributed by atoms with van der Waals surface area (Å²) in [5.74, 6) is 1.64. The van der Waals surface area contributed by atoms with Gasteiger partial charge < -0.3 is 10.2 Å². The van der Waals surface area contributed by atoms with Crippen LogP contribution in [-0.2, 0) is 10.5 Å². The standard InChI is InChI=1S/C14H19ClN2OS/c1-11-8-16-6-7-17(11)14(18)10-19-9-12-2-4-13(15)5-3-12/h2-5,11,16H,6-10H2,1H3/t11-/m1/s1. The molecule has 3 nitrogen and oxygen atoms in total. The number of benzene rings is 1. The zero-order valence-electron chi connectivity index (χ0n) is 11.1. The van der Waals surface area contributed by atoms with Crippen molar-refractivity contribution in [2.75, 3.05) is 25.4 Å². The van der Waals surface area contributed by atoms with Crippen molar-refractivity contribution in [1.29, 1.82) is 0 Å². The molecule has 1 aliphatic rings. The van der Waals surface area contributed by atoms with Crippen LogP contribution in [0.2, 0.25) is 5.02 Å². The van der Waals surface area contributed by atoms with E-state index in [0.29, 0.717) is 11.8 Å². The smallest absolute Gasteiger partial charge is 0.232 e. The number of hydrogen-bond acceptors (Lipinski definition) is 3. The Bertz CT molecular complexity index is 424. The van der Waals surface area contributed by atoms with Crippen LogP contribution >= 0.6 is 23.4 Å². The van der Waals surface area contributed by atoms with Crippen LogP contribution < -0.4 is 5.32 Å². The van der Waals surface area contributed by atoms with E-state index >= 15 is 0 Å². The summed E-state index contributed by atoms with van der Waals surface area (Å²) in [4.78, 5) is 14.1. The van der Waals surface area contributed by atoms with Gasteiger partial charge in [0.2, 0.25) is 5.91 Å². The average Bonchev–Trinajstić information content (AvgIpc) is 2.41. The van der Waals surface area contributed by atoms with Crippen molar-refractivity contribution < 1.29 is 4.79 Å². The Morgan fingerprint density at radius 3 is 2.89 bits per heavy atom. The van der Waals surface area contributed by atoms with Gasteiger partial charge in [-0.05, 0) is 24.6 Å². The fraction of sp³-hybridized carbons (Fsp3) is 0.500. The largest absolute Gasteiger partial charge is 0.337 e. The van der Waals surface area contributed by atoms with E-state index in [1.165, 1.54) is 5.56 Å². The van der Waals surface area contributed by atoms with E-state index in [4.69, 9.17) is 11.6 Å². The average molecular weight is 299 g/mol. The molecule has 1 aliphatic heterocycles. The third kappa shape index (κ3) is 4.41. The predicted octanol–water partition coefficient (Wildman–Crippen LogP) is 2.39. The molecule has 0 bridgehead atoms. The summed E-state index contributed by atoms with van der Waals surface area (Å²) in [6.07, 6.45) is 0. The number of piperazine rings is 1. The van der Waals surface area contributed by atoms with Crippen LogP contribution in [0.3, 0.4) is 0 Å². The quantitative estimate of drug-likeness (QED) is 0.926. The van der Waals surface area contributed by atoms with Gasteiger partial charge in [-0.15, -0.1) is 11.8 Å². The Hall–Kier alpha value is -0.710. The summed E-state index contributed by atoms with van der Waals surface area (Å²) in [7, 11) is 0. The molecule has 0 spiro atoms. The van der Waals surface area contributed by atoms with Crippen LogP contribution in [0.5, 0.6) is 0 Å². The number of nitrogens with one attached hydrogen (secondary N) is 1. The van der Waals surface area contributed by atoms with E-state index in [0.717, 1.165) is 30.4 Å². The Kier molecular flexibility index (Phi) is 5.55. The highest BCUT2D eigenvalue weighted by molar-refractivity contribution is 7.99. The number of amides is 1. The summed E-state index contributed by atoms with van der Waals surface area (Å²) in [6.45, 7) is 4.71. The molecule has 2 rings (SSSR count). The van der Waals surface area contributed by atoms with E-state index in [1.807, 2.05) is 29.2 Å². The second kappa shape index (κ2) is 7.17. The first-order valence-corrected chi connectivity index (χ1v) is 8.02. The van der Waals surface area contributed by atoms with Crippen molar-refractivity contribution in [2.24, 2.45) is 0 Å². The Balaban J connectivity index is 1.75. The maximum atomic E-state index is 12.1. The highest BCUT2D eigenvalue weighted by Crippen LogP contribution is 2.16. The Labute approximate surface area is 123 Å². The van der Waals surface area contributed by atoms with E-state index in [9.17, 15) is 4.79 Å². The second-order valence-corrected chi connectivity index (χ2v) is 6.18. The lowest BCUT2D eigenvalue weighted by Gasteiger charge is -2.34. The molecule has 1 fully saturated rings. The third-order valence-electron chi connectivity index (χ3n) is 3.23. The van der Waals surface area contributed by atoms with Gasteiger partial charge in [-0.25, -0.2) is 0 Å². The number of halogens is 1. The third-order valence-corrected chi connectivity index (χ3v) is 4.47. The van der Waals surface area contributed by atoms with Gasteiger partial charge in [0.15, 0.2) is 0 Å². The van der Waals surface area contributed by atoms with Crippen molar-refractivity contribution in [3.8, 4) is 0 Å². The van der Waals surface area contributed by atoms with Crippen molar-refractivity contribution in [1.82, 2.24) is 10.2 Å². The molecular formula is C14H19ClN2OS. The topological polar surface area (TPSA) is 32.3 Å². The van der Waals surface area contributed by atoms with Crippen molar-refractivity contribution in [3.05, 3.63) is 34.9 Å². The first-order valence-electron chi connectivity index (χ1n) is 6.49. The fourth-order valence-corrected chi connectivity index (χ4v) is 3.13. The fourth-order valence-electron chi connectivity index (χ4n) is 2.13. The molecule has 0 aromatic heterocycles. The summed E-state index contributed by atoms with van der Waals surface area (Å²) in [5, 5.41) is 4.04. The molecule has 1 N–H and O–H groups in total.